The Bertz CT molecular complexity index is 926. The van der Waals surface area contributed by atoms with Gasteiger partial charge in [0.05, 0.1) is 12.7 Å². The molecule has 3 rings (SSSR count). The minimum Gasteiger partial charge on any atom is -0.497 e. The predicted molar refractivity (Wildman–Crippen MR) is 99.4 cm³/mol. The Balaban J connectivity index is 1.64. The molecule has 0 atom stereocenters. The molecule has 6 nitrogen and oxygen atoms in total. The molecule has 0 saturated heterocycles. The van der Waals surface area contributed by atoms with Crippen molar-refractivity contribution < 1.29 is 28.5 Å². The van der Waals surface area contributed by atoms with E-state index in [0.29, 0.717) is 22.8 Å². The second-order valence-electron chi connectivity index (χ2n) is 5.67. The van der Waals surface area contributed by atoms with Crippen LogP contribution in [0.5, 0.6) is 23.0 Å². The van der Waals surface area contributed by atoms with Gasteiger partial charge >= 0.3 is 5.97 Å². The molecule has 6 heteroatoms. The average Bonchev–Trinajstić information content (AvgIpc) is 3.12. The molecule has 1 aliphatic heterocycles. The summed E-state index contributed by atoms with van der Waals surface area (Å²) in [6, 6.07) is 10.3. The highest BCUT2D eigenvalue weighted by atomic mass is 16.7. The summed E-state index contributed by atoms with van der Waals surface area (Å²) in [5, 5.41) is 0. The number of Topliss-reactive ketones (excluding diaryl/α,β-unsaturated/α-hetero) is 1. The number of ether oxygens (including phenoxy) is 4. The normalized spacial score (nSPS) is 12.5. The lowest BCUT2D eigenvalue weighted by Crippen LogP contribution is -2.07. The highest BCUT2D eigenvalue weighted by Gasteiger charge is 2.13. The van der Waals surface area contributed by atoms with Crippen molar-refractivity contribution in [2.45, 2.75) is 6.92 Å². The van der Waals surface area contributed by atoms with E-state index in [1.54, 1.807) is 24.3 Å². The lowest BCUT2D eigenvalue weighted by atomic mass is 10.1. The Hall–Kier alpha value is -3.54. The fraction of sp³-hybridized carbons (Fsp3) is 0.143. The van der Waals surface area contributed by atoms with Gasteiger partial charge in [-0.1, -0.05) is 24.3 Å². The number of carbonyl (C=O) groups excluding carboxylic acids is 2. The molecule has 0 aromatic heterocycles. The molecule has 1 aliphatic rings. The smallest absolute Gasteiger partial charge is 0.336 e. The van der Waals surface area contributed by atoms with Crippen molar-refractivity contribution in [3.8, 4) is 23.0 Å². The average molecular weight is 366 g/mol. The number of fused-ring (bicyclic) bond motifs is 1. The van der Waals surface area contributed by atoms with Crippen LogP contribution in [0.1, 0.15) is 22.8 Å². The second kappa shape index (κ2) is 8.23. The van der Waals surface area contributed by atoms with Crippen LogP contribution in [-0.4, -0.2) is 25.7 Å². The highest BCUT2D eigenvalue weighted by Crippen LogP contribution is 2.32. The molecule has 0 N–H and O–H groups in total. The summed E-state index contributed by atoms with van der Waals surface area (Å²) in [5.41, 5.74) is 1.22. The van der Waals surface area contributed by atoms with Crippen molar-refractivity contribution in [2.24, 2.45) is 0 Å². The summed E-state index contributed by atoms with van der Waals surface area (Å²) in [7, 11) is 1.50. The number of carbonyl (C=O) groups is 2. The maximum Gasteiger partial charge on any atom is 0.336 e. The quantitative estimate of drug-likeness (QED) is 0.255. The molecule has 1 heterocycles. The third-order valence-corrected chi connectivity index (χ3v) is 3.81. The molecule has 0 unspecified atom stereocenters. The minimum absolute atomic E-state index is 0.163. The van der Waals surface area contributed by atoms with Crippen LogP contribution >= 0.6 is 0 Å². The Morgan fingerprint density at radius 1 is 1.04 bits per heavy atom. The van der Waals surface area contributed by atoms with Crippen molar-refractivity contribution in [3.63, 3.8) is 0 Å². The Labute approximate surface area is 156 Å². The standard InChI is InChI=1S/C21H18O6/c1-14(22)17-9-8-16(24-2)12-19(17)27-21(23)6-4-3-5-15-7-10-18-20(11-15)26-13-25-18/h3-12H,13H2,1-2H3. The molecule has 0 amide bonds. The predicted octanol–water partition coefficient (Wildman–Crippen LogP) is 3.80. The van der Waals surface area contributed by atoms with Crippen molar-refractivity contribution in [3.05, 3.63) is 65.8 Å². The third kappa shape index (κ3) is 4.55. The number of hydrogen-bond acceptors (Lipinski definition) is 6. The largest absolute Gasteiger partial charge is 0.497 e. The van der Waals surface area contributed by atoms with Crippen molar-refractivity contribution in [1.29, 1.82) is 0 Å². The molecular formula is C21H18O6. The van der Waals surface area contributed by atoms with E-state index in [1.165, 1.54) is 26.2 Å². The van der Waals surface area contributed by atoms with E-state index in [1.807, 2.05) is 24.3 Å². The summed E-state index contributed by atoms with van der Waals surface area (Å²) in [6.07, 6.45) is 6.35. The molecule has 27 heavy (non-hydrogen) atoms. The molecule has 2 aromatic carbocycles. The van der Waals surface area contributed by atoms with Gasteiger partial charge in [-0.3, -0.25) is 4.79 Å². The highest BCUT2D eigenvalue weighted by molar-refractivity contribution is 5.98. The third-order valence-electron chi connectivity index (χ3n) is 3.81. The van der Waals surface area contributed by atoms with E-state index >= 15 is 0 Å². The molecule has 0 fully saturated rings. The van der Waals surface area contributed by atoms with Crippen LogP contribution in [-0.2, 0) is 4.79 Å². The van der Waals surface area contributed by atoms with Gasteiger partial charge in [0.2, 0.25) is 6.79 Å². The van der Waals surface area contributed by atoms with E-state index in [-0.39, 0.29) is 18.3 Å². The number of allylic oxidation sites excluding steroid dienone is 2. The van der Waals surface area contributed by atoms with E-state index in [9.17, 15) is 9.59 Å². The van der Waals surface area contributed by atoms with Gasteiger partial charge in [0.1, 0.15) is 11.5 Å². The number of benzene rings is 2. The number of methoxy groups -OCH3 is 1. The lowest BCUT2D eigenvalue weighted by Gasteiger charge is -2.08. The first kappa shape index (κ1) is 18.3. The first-order valence-electron chi connectivity index (χ1n) is 8.22. The second-order valence-corrected chi connectivity index (χ2v) is 5.67. The van der Waals surface area contributed by atoms with Crippen LogP contribution in [0.25, 0.3) is 6.08 Å². The van der Waals surface area contributed by atoms with Gasteiger partial charge in [0.15, 0.2) is 17.3 Å². The van der Waals surface area contributed by atoms with Crippen LogP contribution in [0.4, 0.5) is 0 Å². The van der Waals surface area contributed by atoms with Crippen LogP contribution in [0.3, 0.4) is 0 Å². The molecule has 138 valence electrons. The maximum absolute atomic E-state index is 12.0. The summed E-state index contributed by atoms with van der Waals surface area (Å²) >= 11 is 0. The fourth-order valence-electron chi connectivity index (χ4n) is 2.46. The first-order valence-corrected chi connectivity index (χ1v) is 8.22. The zero-order chi connectivity index (χ0) is 19.2. The summed E-state index contributed by atoms with van der Waals surface area (Å²) < 4.78 is 20.9. The minimum atomic E-state index is -0.596. The summed E-state index contributed by atoms with van der Waals surface area (Å²) in [6.45, 7) is 1.63. The van der Waals surface area contributed by atoms with Crippen LogP contribution in [0.2, 0.25) is 0 Å². The maximum atomic E-state index is 12.0. The van der Waals surface area contributed by atoms with E-state index in [4.69, 9.17) is 18.9 Å². The topological polar surface area (TPSA) is 71.1 Å². The van der Waals surface area contributed by atoms with Gasteiger partial charge in [0, 0.05) is 12.1 Å². The van der Waals surface area contributed by atoms with Crippen molar-refractivity contribution in [2.75, 3.05) is 13.9 Å². The van der Waals surface area contributed by atoms with Gasteiger partial charge < -0.3 is 18.9 Å². The number of rotatable bonds is 6. The van der Waals surface area contributed by atoms with Crippen LogP contribution < -0.4 is 18.9 Å². The van der Waals surface area contributed by atoms with E-state index in [2.05, 4.69) is 0 Å². The molecule has 0 spiro atoms. The zero-order valence-corrected chi connectivity index (χ0v) is 14.9. The summed E-state index contributed by atoms with van der Waals surface area (Å²) in [5.74, 6) is 1.26. The van der Waals surface area contributed by atoms with E-state index < -0.39 is 5.97 Å². The Morgan fingerprint density at radius 3 is 2.63 bits per heavy atom. The van der Waals surface area contributed by atoms with Crippen molar-refractivity contribution in [1.82, 2.24) is 0 Å². The van der Waals surface area contributed by atoms with Crippen LogP contribution in [0, 0.1) is 0 Å². The van der Waals surface area contributed by atoms with Crippen LogP contribution in [0.15, 0.2) is 54.6 Å². The SMILES string of the molecule is COc1ccc(C(C)=O)c(OC(=O)C=CC=Cc2ccc3c(c2)OCO3)c1. The Kier molecular flexibility index (Phi) is 5.56. The molecule has 0 aliphatic carbocycles. The number of hydrogen-bond donors (Lipinski definition) is 0. The molecule has 0 bridgehead atoms. The molecule has 0 radical (unpaired) electrons. The van der Waals surface area contributed by atoms with E-state index in [0.717, 1.165) is 5.56 Å². The van der Waals surface area contributed by atoms with Gasteiger partial charge in [-0.2, -0.15) is 0 Å². The lowest BCUT2D eigenvalue weighted by molar-refractivity contribution is -0.129. The van der Waals surface area contributed by atoms with Gasteiger partial charge in [-0.15, -0.1) is 0 Å². The molecular weight excluding hydrogens is 348 g/mol. The monoisotopic (exact) mass is 366 g/mol. The van der Waals surface area contributed by atoms with Crippen molar-refractivity contribution >= 4 is 17.8 Å². The number of ketones is 1. The first-order chi connectivity index (χ1) is 13.1. The van der Waals surface area contributed by atoms with Gasteiger partial charge in [0.25, 0.3) is 0 Å². The zero-order valence-electron chi connectivity index (χ0n) is 14.9. The summed E-state index contributed by atoms with van der Waals surface area (Å²) in [4.78, 5) is 23.7. The molecule has 2 aromatic rings. The van der Waals surface area contributed by atoms with Gasteiger partial charge in [-0.25, -0.2) is 4.79 Å². The Morgan fingerprint density at radius 2 is 1.85 bits per heavy atom. The van der Waals surface area contributed by atoms with Gasteiger partial charge in [-0.05, 0) is 36.8 Å². The number of esters is 1. The fourth-order valence-corrected chi connectivity index (χ4v) is 2.46. The molecule has 0 saturated carbocycles.